The molecule has 19 heavy (non-hydrogen) atoms. The molecule has 0 heterocycles. The second kappa shape index (κ2) is 15.9. The first-order valence-corrected chi connectivity index (χ1v) is 7.20. The summed E-state index contributed by atoms with van der Waals surface area (Å²) in [7, 11) is 3.66. The molecule has 5 heteroatoms. The van der Waals surface area contributed by atoms with Crippen LogP contribution in [-0.4, -0.2) is 66.4 Å². The first kappa shape index (κ1) is 18.8. The number of hydrogen-bond acceptors (Lipinski definition) is 5. The number of hydrogen-bond donors (Lipinski definition) is 1. The molecule has 0 amide bonds. The molecular formula is C14H31NO4. The van der Waals surface area contributed by atoms with E-state index in [1.165, 1.54) is 12.8 Å². The minimum Gasteiger partial charge on any atom is -0.382 e. The van der Waals surface area contributed by atoms with Crippen molar-refractivity contribution in [1.29, 1.82) is 0 Å². The minimum absolute atomic E-state index is 0.599. The van der Waals surface area contributed by atoms with Crippen molar-refractivity contribution in [2.24, 2.45) is 0 Å². The molecule has 5 nitrogen and oxygen atoms in total. The smallest absolute Gasteiger partial charge is 0.0701 e. The summed E-state index contributed by atoms with van der Waals surface area (Å²) >= 11 is 0. The van der Waals surface area contributed by atoms with E-state index in [4.69, 9.17) is 18.9 Å². The Kier molecular flexibility index (Phi) is 15.7. The number of ether oxygens (including phenoxy) is 4. The van der Waals surface area contributed by atoms with Gasteiger partial charge in [-0.1, -0.05) is 0 Å². The molecule has 1 unspecified atom stereocenters. The lowest BCUT2D eigenvalue weighted by Gasteiger charge is -2.09. The molecule has 1 N–H and O–H groups in total. The monoisotopic (exact) mass is 277 g/mol. The second-order valence-electron chi connectivity index (χ2n) is 4.52. The molecule has 0 radical (unpaired) electrons. The highest BCUT2D eigenvalue weighted by atomic mass is 16.6. The molecule has 0 aliphatic rings. The van der Waals surface area contributed by atoms with Crippen LogP contribution in [0.4, 0.5) is 0 Å². The van der Waals surface area contributed by atoms with E-state index in [-0.39, 0.29) is 0 Å². The van der Waals surface area contributed by atoms with E-state index in [0.717, 1.165) is 13.0 Å². The first-order chi connectivity index (χ1) is 9.31. The molecule has 0 aromatic carbocycles. The topological polar surface area (TPSA) is 49.0 Å². The fourth-order valence-electron chi connectivity index (χ4n) is 1.48. The van der Waals surface area contributed by atoms with E-state index in [2.05, 4.69) is 12.2 Å². The maximum Gasteiger partial charge on any atom is 0.0701 e. The Morgan fingerprint density at radius 1 is 0.789 bits per heavy atom. The van der Waals surface area contributed by atoms with Crippen LogP contribution in [0.3, 0.4) is 0 Å². The molecule has 0 fully saturated rings. The molecule has 0 aliphatic carbocycles. The maximum absolute atomic E-state index is 5.49. The molecule has 0 bridgehead atoms. The Labute approximate surface area is 117 Å². The molecule has 1 atom stereocenters. The van der Waals surface area contributed by atoms with Gasteiger partial charge < -0.3 is 24.3 Å². The summed E-state index contributed by atoms with van der Waals surface area (Å²) < 4.78 is 21.0. The van der Waals surface area contributed by atoms with Gasteiger partial charge in [-0.25, -0.2) is 0 Å². The van der Waals surface area contributed by atoms with Gasteiger partial charge >= 0.3 is 0 Å². The molecule has 0 aliphatic heterocycles. The highest BCUT2D eigenvalue weighted by molar-refractivity contribution is 4.56. The summed E-state index contributed by atoms with van der Waals surface area (Å²) in [5.74, 6) is 0. The fraction of sp³-hybridized carbons (Fsp3) is 1.00. The average Bonchev–Trinajstić information content (AvgIpc) is 2.43. The molecule has 0 aromatic rings. The summed E-state index contributed by atoms with van der Waals surface area (Å²) in [5, 5.41) is 3.23. The Balaban J connectivity index is 2.95. The summed E-state index contributed by atoms with van der Waals surface area (Å²) in [6.45, 7) is 6.82. The van der Waals surface area contributed by atoms with Crippen molar-refractivity contribution in [3.8, 4) is 0 Å². The standard InChI is InChI=1S/C14H31NO4/c1-14(15-2)6-4-5-7-17-10-11-19-13-12-18-9-8-16-3/h14-15H,4-13H2,1-3H3. The Bertz CT molecular complexity index is 170. The van der Waals surface area contributed by atoms with E-state index in [9.17, 15) is 0 Å². The third-order valence-electron chi connectivity index (χ3n) is 2.84. The second-order valence-corrected chi connectivity index (χ2v) is 4.52. The fourth-order valence-corrected chi connectivity index (χ4v) is 1.48. The largest absolute Gasteiger partial charge is 0.382 e. The van der Waals surface area contributed by atoms with Gasteiger partial charge in [0, 0.05) is 19.8 Å². The van der Waals surface area contributed by atoms with Crippen molar-refractivity contribution in [3.05, 3.63) is 0 Å². The third kappa shape index (κ3) is 15.7. The highest BCUT2D eigenvalue weighted by Gasteiger charge is 1.97. The van der Waals surface area contributed by atoms with E-state index >= 15 is 0 Å². The molecule has 0 rings (SSSR count). The van der Waals surface area contributed by atoms with Crippen LogP contribution in [0.5, 0.6) is 0 Å². The van der Waals surface area contributed by atoms with Gasteiger partial charge in [0.2, 0.25) is 0 Å². The quantitative estimate of drug-likeness (QED) is 0.459. The molecule has 0 saturated carbocycles. The van der Waals surface area contributed by atoms with Crippen molar-refractivity contribution in [1.82, 2.24) is 5.32 Å². The van der Waals surface area contributed by atoms with Crippen LogP contribution in [0.15, 0.2) is 0 Å². The molecule has 0 aromatic heterocycles. The van der Waals surface area contributed by atoms with E-state index < -0.39 is 0 Å². The number of methoxy groups -OCH3 is 1. The van der Waals surface area contributed by atoms with Gasteiger partial charge in [0.15, 0.2) is 0 Å². The van der Waals surface area contributed by atoms with Crippen LogP contribution in [0, 0.1) is 0 Å². The van der Waals surface area contributed by atoms with Gasteiger partial charge in [0.05, 0.1) is 39.6 Å². The molecule has 0 saturated heterocycles. The summed E-state index contributed by atoms with van der Waals surface area (Å²) in [6, 6.07) is 0.599. The molecular weight excluding hydrogens is 246 g/mol. The van der Waals surface area contributed by atoms with Crippen molar-refractivity contribution < 1.29 is 18.9 Å². The first-order valence-electron chi connectivity index (χ1n) is 7.20. The lowest BCUT2D eigenvalue weighted by Crippen LogP contribution is -2.20. The normalized spacial score (nSPS) is 12.8. The van der Waals surface area contributed by atoms with Crippen molar-refractivity contribution in [2.75, 3.05) is 60.4 Å². The van der Waals surface area contributed by atoms with Crippen LogP contribution in [0.1, 0.15) is 26.2 Å². The Morgan fingerprint density at radius 2 is 1.32 bits per heavy atom. The van der Waals surface area contributed by atoms with Gasteiger partial charge in [0.25, 0.3) is 0 Å². The van der Waals surface area contributed by atoms with Crippen LogP contribution in [0.25, 0.3) is 0 Å². The zero-order chi connectivity index (χ0) is 14.2. The SMILES string of the molecule is CNC(C)CCCCOCCOCCOCCOC. The lowest BCUT2D eigenvalue weighted by molar-refractivity contribution is 0.00321. The van der Waals surface area contributed by atoms with Crippen LogP contribution in [0.2, 0.25) is 0 Å². The molecule has 116 valence electrons. The Morgan fingerprint density at radius 3 is 1.84 bits per heavy atom. The summed E-state index contributed by atoms with van der Waals surface area (Å²) in [6.07, 6.45) is 3.53. The number of unbranched alkanes of at least 4 members (excludes halogenated alkanes) is 1. The zero-order valence-electron chi connectivity index (χ0n) is 12.8. The average molecular weight is 277 g/mol. The third-order valence-corrected chi connectivity index (χ3v) is 2.84. The van der Waals surface area contributed by atoms with Gasteiger partial charge in [0.1, 0.15) is 0 Å². The van der Waals surface area contributed by atoms with Crippen molar-refractivity contribution in [2.45, 2.75) is 32.2 Å². The number of nitrogens with one attached hydrogen (secondary N) is 1. The van der Waals surface area contributed by atoms with Crippen molar-refractivity contribution in [3.63, 3.8) is 0 Å². The predicted molar refractivity (Wildman–Crippen MR) is 76.7 cm³/mol. The van der Waals surface area contributed by atoms with Gasteiger partial charge in [-0.05, 0) is 33.2 Å². The van der Waals surface area contributed by atoms with Crippen molar-refractivity contribution >= 4 is 0 Å². The lowest BCUT2D eigenvalue weighted by atomic mass is 10.1. The number of rotatable bonds is 15. The maximum atomic E-state index is 5.49. The van der Waals surface area contributed by atoms with E-state index in [1.54, 1.807) is 7.11 Å². The van der Waals surface area contributed by atoms with E-state index in [0.29, 0.717) is 45.7 Å². The predicted octanol–water partition coefficient (Wildman–Crippen LogP) is 1.46. The Hall–Kier alpha value is -0.200. The zero-order valence-corrected chi connectivity index (χ0v) is 12.8. The highest BCUT2D eigenvalue weighted by Crippen LogP contribution is 1.99. The van der Waals surface area contributed by atoms with Gasteiger partial charge in [-0.15, -0.1) is 0 Å². The summed E-state index contributed by atoms with van der Waals surface area (Å²) in [5.41, 5.74) is 0. The minimum atomic E-state index is 0.599. The van der Waals surface area contributed by atoms with Crippen LogP contribution >= 0.6 is 0 Å². The van der Waals surface area contributed by atoms with Crippen LogP contribution in [-0.2, 0) is 18.9 Å². The molecule has 0 spiro atoms. The van der Waals surface area contributed by atoms with E-state index in [1.807, 2.05) is 7.05 Å². The van der Waals surface area contributed by atoms with Crippen LogP contribution < -0.4 is 5.32 Å². The summed E-state index contributed by atoms with van der Waals surface area (Å²) in [4.78, 5) is 0. The van der Waals surface area contributed by atoms with Gasteiger partial charge in [-0.3, -0.25) is 0 Å². The van der Waals surface area contributed by atoms with Gasteiger partial charge in [-0.2, -0.15) is 0 Å².